The largest absolute Gasteiger partial charge is 0.481 e. The highest BCUT2D eigenvalue weighted by molar-refractivity contribution is 5.84. The first-order valence-corrected chi connectivity index (χ1v) is 24.1. The van der Waals surface area contributed by atoms with Crippen molar-refractivity contribution in [3.63, 3.8) is 0 Å². The van der Waals surface area contributed by atoms with Crippen LogP contribution in [-0.2, 0) is 39.8 Å². The van der Waals surface area contributed by atoms with E-state index in [0.717, 1.165) is 12.0 Å². The number of aliphatic carboxylic acids is 1. The van der Waals surface area contributed by atoms with Crippen molar-refractivity contribution in [1.29, 1.82) is 0 Å². The van der Waals surface area contributed by atoms with Gasteiger partial charge >= 0.3 is 12.0 Å². The number of benzene rings is 1. The molecule has 1 aromatic carbocycles. The quantitative estimate of drug-likeness (QED) is 0.109. The van der Waals surface area contributed by atoms with E-state index in [4.69, 9.17) is 23.7 Å². The molecule has 2 amide bonds. The molecule has 4 saturated heterocycles. The average Bonchev–Trinajstić information content (AvgIpc) is 3.60. The van der Waals surface area contributed by atoms with Gasteiger partial charge in [-0.25, -0.2) is 4.79 Å². The van der Waals surface area contributed by atoms with Crippen molar-refractivity contribution < 1.29 is 53.4 Å². The molecule has 6 rings (SSSR count). The Morgan fingerprint density at radius 2 is 1.57 bits per heavy atom. The lowest BCUT2D eigenvalue weighted by Crippen LogP contribution is -2.66. The standard InChI is InChI=1S/C50H78N2O11/c1-11-36(45(55)56)38-20-19-29(4)43(60-38)33(8)41(53)32(7)42(54)37(12-2)44-30(5)27-31(6)49(61-44)24-21-39(52-46(57)51-28-35-17-15-14-16-18-35)50(63-49)26-25-47(10,62-50)40-22-23-48(58,13-3)34(9)59-40/h14-18,21,24,29-34,36-41,43-44,53,58H,11-13,19-20,22-23,25-28H2,1-10H3,(H,55,56)(H2,51,52,57)/t29-,30-,31+,32-,33-,34-,36+,37-,38+,39+,40+,41+,43+,44-,47-,48+,49-,50-/m0/s1. The van der Waals surface area contributed by atoms with Gasteiger partial charge in [0.1, 0.15) is 11.8 Å². The Morgan fingerprint density at radius 3 is 2.21 bits per heavy atom. The number of ether oxygens (including phenoxy) is 5. The second-order valence-electron chi connectivity index (χ2n) is 20.3. The molecule has 18 atom stereocenters. The van der Waals surface area contributed by atoms with Gasteiger partial charge in [-0.1, -0.05) is 91.8 Å². The molecule has 5 heterocycles. The molecule has 0 aromatic heterocycles. The zero-order valence-corrected chi connectivity index (χ0v) is 39.5. The molecule has 13 nitrogen and oxygen atoms in total. The Kier molecular flexibility index (Phi) is 15.6. The summed E-state index contributed by atoms with van der Waals surface area (Å²) >= 11 is 0. The number of carbonyl (C=O) groups excluding carboxylic acids is 2. The highest BCUT2D eigenvalue weighted by atomic mass is 16.8. The molecular weight excluding hydrogens is 805 g/mol. The van der Waals surface area contributed by atoms with Crippen LogP contribution in [0.4, 0.5) is 4.79 Å². The normalized spacial score (nSPS) is 40.5. The maximum absolute atomic E-state index is 14.7. The number of aliphatic hydroxyl groups excluding tert-OH is 1. The number of urea groups is 1. The van der Waals surface area contributed by atoms with E-state index in [2.05, 4.69) is 31.4 Å². The van der Waals surface area contributed by atoms with E-state index in [-0.39, 0.29) is 35.7 Å². The number of carboxylic acid groups (broad SMARTS) is 1. The van der Waals surface area contributed by atoms with E-state index < -0.39 is 89.0 Å². The van der Waals surface area contributed by atoms with Crippen molar-refractivity contribution in [3.8, 4) is 0 Å². The van der Waals surface area contributed by atoms with Crippen molar-refractivity contribution >= 4 is 17.8 Å². The van der Waals surface area contributed by atoms with Gasteiger partial charge in [-0.15, -0.1) is 0 Å². The van der Waals surface area contributed by atoms with Crippen molar-refractivity contribution in [2.45, 2.75) is 205 Å². The van der Waals surface area contributed by atoms with E-state index >= 15 is 0 Å². The minimum atomic E-state index is -1.35. The third kappa shape index (κ3) is 10.1. The number of aliphatic hydroxyl groups is 2. The number of ketones is 1. The molecule has 354 valence electrons. The first kappa shape index (κ1) is 49.5. The van der Waals surface area contributed by atoms with E-state index in [9.17, 15) is 29.7 Å². The summed E-state index contributed by atoms with van der Waals surface area (Å²) in [6, 6.07) is 8.62. The minimum Gasteiger partial charge on any atom is -0.481 e. The highest BCUT2D eigenvalue weighted by Crippen LogP contribution is 2.54. The van der Waals surface area contributed by atoms with Crippen LogP contribution in [0.2, 0.25) is 0 Å². The van der Waals surface area contributed by atoms with Crippen molar-refractivity contribution in [1.82, 2.24) is 10.6 Å². The van der Waals surface area contributed by atoms with Crippen LogP contribution in [0.15, 0.2) is 42.5 Å². The van der Waals surface area contributed by atoms with Crippen LogP contribution >= 0.6 is 0 Å². The fraction of sp³-hybridized carbons (Fsp3) is 0.780. The zero-order valence-electron chi connectivity index (χ0n) is 39.5. The van der Waals surface area contributed by atoms with Gasteiger partial charge in [0.25, 0.3) is 0 Å². The predicted molar refractivity (Wildman–Crippen MR) is 238 cm³/mol. The number of nitrogens with one attached hydrogen (secondary N) is 2. The Labute approximate surface area is 375 Å². The molecule has 4 fully saturated rings. The summed E-state index contributed by atoms with van der Waals surface area (Å²) in [5.74, 6) is -6.06. The number of hydrogen-bond donors (Lipinski definition) is 5. The molecule has 5 N–H and O–H groups in total. The van der Waals surface area contributed by atoms with Gasteiger partial charge in [0.05, 0.1) is 53.7 Å². The third-order valence-corrected chi connectivity index (χ3v) is 16.1. The van der Waals surface area contributed by atoms with Crippen molar-refractivity contribution in [2.75, 3.05) is 0 Å². The molecule has 0 bridgehead atoms. The van der Waals surface area contributed by atoms with Crippen LogP contribution < -0.4 is 10.6 Å². The fourth-order valence-electron chi connectivity index (χ4n) is 11.6. The summed E-state index contributed by atoms with van der Waals surface area (Å²) in [4.78, 5) is 40.3. The Bertz CT molecular complexity index is 1760. The molecule has 0 aliphatic carbocycles. The van der Waals surface area contributed by atoms with E-state index in [1.54, 1.807) is 6.92 Å². The average molecular weight is 883 g/mol. The number of amides is 2. The number of Topliss-reactive ketones (excluding diaryl/α,β-unsaturated/α-hetero) is 1. The lowest BCUT2D eigenvalue weighted by atomic mass is 9.72. The third-order valence-electron chi connectivity index (χ3n) is 16.1. The van der Waals surface area contributed by atoms with E-state index in [1.165, 1.54) is 0 Å². The smallest absolute Gasteiger partial charge is 0.315 e. The van der Waals surface area contributed by atoms with Gasteiger partial charge in [0.2, 0.25) is 0 Å². The highest BCUT2D eigenvalue weighted by Gasteiger charge is 2.63. The molecule has 2 spiro atoms. The molecule has 0 saturated carbocycles. The molecule has 5 aliphatic heterocycles. The van der Waals surface area contributed by atoms with E-state index in [1.807, 2.05) is 84.0 Å². The lowest BCUT2D eigenvalue weighted by molar-refractivity contribution is -0.397. The molecule has 0 unspecified atom stereocenters. The van der Waals surface area contributed by atoms with Gasteiger partial charge < -0.3 is 49.6 Å². The number of carboxylic acids is 1. The van der Waals surface area contributed by atoms with Crippen molar-refractivity contribution in [3.05, 3.63) is 48.0 Å². The van der Waals surface area contributed by atoms with Crippen LogP contribution in [0.25, 0.3) is 0 Å². The van der Waals surface area contributed by atoms with Crippen molar-refractivity contribution in [2.24, 2.45) is 41.4 Å². The first-order chi connectivity index (χ1) is 29.8. The summed E-state index contributed by atoms with van der Waals surface area (Å²) in [6.07, 6.45) is 6.46. The molecule has 5 aliphatic rings. The van der Waals surface area contributed by atoms with Crippen LogP contribution in [0.5, 0.6) is 0 Å². The monoisotopic (exact) mass is 883 g/mol. The Morgan fingerprint density at radius 1 is 0.873 bits per heavy atom. The lowest BCUT2D eigenvalue weighted by Gasteiger charge is -2.55. The second-order valence-corrected chi connectivity index (χ2v) is 20.3. The van der Waals surface area contributed by atoms with Gasteiger partial charge in [-0.2, -0.15) is 0 Å². The molecule has 1 aromatic rings. The molecule has 13 heteroatoms. The number of rotatable bonds is 15. The summed E-state index contributed by atoms with van der Waals surface area (Å²) in [5, 5.41) is 39.1. The fourth-order valence-corrected chi connectivity index (χ4v) is 11.6. The summed E-state index contributed by atoms with van der Waals surface area (Å²) in [6.45, 7) is 20.0. The van der Waals surface area contributed by atoms with Crippen LogP contribution in [-0.4, -0.2) is 98.5 Å². The van der Waals surface area contributed by atoms with Gasteiger partial charge in [0.15, 0.2) is 11.6 Å². The molecular formula is C50H78N2O11. The summed E-state index contributed by atoms with van der Waals surface area (Å²) in [7, 11) is 0. The first-order valence-electron chi connectivity index (χ1n) is 24.1. The van der Waals surface area contributed by atoms with Gasteiger partial charge in [0, 0.05) is 36.6 Å². The second kappa shape index (κ2) is 19.9. The van der Waals surface area contributed by atoms with E-state index in [0.29, 0.717) is 64.3 Å². The molecule has 0 radical (unpaired) electrons. The number of carbonyl (C=O) groups is 3. The zero-order chi connectivity index (χ0) is 46.1. The minimum absolute atomic E-state index is 0.0255. The van der Waals surface area contributed by atoms with Crippen LogP contribution in [0.3, 0.4) is 0 Å². The SMILES string of the molecule is CC[C@@H](C(=O)[C@@H](C)[C@@H](O)[C@H](C)[C@@H]1O[C@@H]([C@@H](CC)C(=O)O)CC[C@@H]1C)[C@H]1O[C@]2(C=C[C@@H](NC(=O)NCc3ccccc3)[C@]3(CC[C@@](C)([C@H]4CC[C@](O)(CC)[C@H](C)O4)O3)O2)[C@H](C)C[C@@H]1C. The summed E-state index contributed by atoms with van der Waals surface area (Å²) < 4.78 is 34.6. The number of hydrogen-bond acceptors (Lipinski definition) is 10. The predicted octanol–water partition coefficient (Wildman–Crippen LogP) is 7.70. The molecule has 63 heavy (non-hydrogen) atoms. The Balaban J connectivity index is 1.23. The topological polar surface area (TPSA) is 182 Å². The van der Waals surface area contributed by atoms with Gasteiger partial charge in [-0.05, 0) is 95.1 Å². The summed E-state index contributed by atoms with van der Waals surface area (Å²) in [5.41, 5.74) is -0.765. The maximum atomic E-state index is 14.7. The maximum Gasteiger partial charge on any atom is 0.315 e. The van der Waals surface area contributed by atoms with Gasteiger partial charge in [-0.3, -0.25) is 9.59 Å². The Hall–Kier alpha value is -2.91. The van der Waals surface area contributed by atoms with Crippen LogP contribution in [0.1, 0.15) is 139 Å². The van der Waals surface area contributed by atoms with Crippen LogP contribution in [0, 0.1) is 41.4 Å².